The predicted octanol–water partition coefficient (Wildman–Crippen LogP) is 4.24. The molecule has 4 rings (SSSR count). The van der Waals surface area contributed by atoms with Crippen LogP contribution in [0.4, 0.5) is 4.39 Å². The molecule has 1 amide bonds. The van der Waals surface area contributed by atoms with Crippen molar-refractivity contribution in [3.05, 3.63) is 71.7 Å². The van der Waals surface area contributed by atoms with Crippen LogP contribution in [0.3, 0.4) is 0 Å². The molecule has 0 spiro atoms. The van der Waals surface area contributed by atoms with Crippen molar-refractivity contribution in [3.63, 3.8) is 0 Å². The molecule has 1 N–H and O–H groups in total. The van der Waals surface area contributed by atoms with Crippen LogP contribution >= 0.6 is 0 Å². The van der Waals surface area contributed by atoms with E-state index in [0.717, 1.165) is 35.0 Å². The molecule has 3 aromatic rings. The van der Waals surface area contributed by atoms with E-state index in [0.29, 0.717) is 32.4 Å². The number of carbonyl (C=O) groups is 1. The molecule has 1 atom stereocenters. The van der Waals surface area contributed by atoms with Gasteiger partial charge in [0.15, 0.2) is 0 Å². The van der Waals surface area contributed by atoms with Gasteiger partial charge in [0.25, 0.3) is 0 Å². The number of rotatable bonds is 4. The lowest BCUT2D eigenvalue weighted by molar-refractivity contribution is -0.130. The minimum atomic E-state index is -1.01. The van der Waals surface area contributed by atoms with Gasteiger partial charge in [-0.15, -0.1) is 0 Å². The van der Waals surface area contributed by atoms with Crippen molar-refractivity contribution in [2.75, 3.05) is 13.1 Å². The van der Waals surface area contributed by atoms with Gasteiger partial charge in [0.05, 0.1) is 12.0 Å². The van der Waals surface area contributed by atoms with Gasteiger partial charge in [0.2, 0.25) is 5.91 Å². The highest BCUT2D eigenvalue weighted by Gasteiger charge is 2.33. The van der Waals surface area contributed by atoms with Gasteiger partial charge >= 0.3 is 0 Å². The molecule has 5 heteroatoms. The standard InChI is InChI=1S/C24H27FN2O2/c1-2-26-17-18(21-6-3-4-7-22(21)26)16-23(28)27-14-5-12-24(29,13-15-27)19-8-10-20(25)11-9-19/h3-4,6-11,17,29H,2,5,12-16H2,1H3. The van der Waals surface area contributed by atoms with E-state index in [4.69, 9.17) is 0 Å². The first-order chi connectivity index (χ1) is 14.0. The molecule has 1 saturated heterocycles. The highest BCUT2D eigenvalue weighted by atomic mass is 19.1. The summed E-state index contributed by atoms with van der Waals surface area (Å²) in [4.78, 5) is 14.9. The Balaban J connectivity index is 1.49. The second-order valence-corrected chi connectivity index (χ2v) is 7.91. The molecule has 1 unspecified atom stereocenters. The molecule has 152 valence electrons. The molecule has 2 aromatic carbocycles. The molecule has 0 saturated carbocycles. The van der Waals surface area contributed by atoms with Gasteiger partial charge in [0.1, 0.15) is 5.82 Å². The largest absolute Gasteiger partial charge is 0.385 e. The van der Waals surface area contributed by atoms with E-state index in [9.17, 15) is 14.3 Å². The molecular formula is C24H27FN2O2. The van der Waals surface area contributed by atoms with Crippen molar-refractivity contribution < 1.29 is 14.3 Å². The first kappa shape index (κ1) is 19.6. The second kappa shape index (κ2) is 7.99. The minimum absolute atomic E-state index is 0.0902. The molecule has 1 aliphatic heterocycles. The average Bonchev–Trinajstić information content (AvgIpc) is 2.95. The van der Waals surface area contributed by atoms with Crippen LogP contribution in [0.15, 0.2) is 54.7 Å². The normalized spacial score (nSPS) is 20.0. The van der Waals surface area contributed by atoms with E-state index in [1.165, 1.54) is 12.1 Å². The summed E-state index contributed by atoms with van der Waals surface area (Å²) in [6.07, 6.45) is 4.19. The lowest BCUT2D eigenvalue weighted by atomic mass is 9.87. The van der Waals surface area contributed by atoms with Gasteiger partial charge in [-0.1, -0.05) is 30.3 Å². The highest BCUT2D eigenvalue weighted by Crippen LogP contribution is 2.33. The fourth-order valence-electron chi connectivity index (χ4n) is 4.42. The van der Waals surface area contributed by atoms with Crippen LogP contribution in [0, 0.1) is 5.82 Å². The summed E-state index contributed by atoms with van der Waals surface area (Å²) in [7, 11) is 0. The summed E-state index contributed by atoms with van der Waals surface area (Å²) in [6, 6.07) is 14.2. The van der Waals surface area contributed by atoms with Crippen molar-refractivity contribution in [2.24, 2.45) is 0 Å². The van der Waals surface area contributed by atoms with E-state index in [1.54, 1.807) is 12.1 Å². The average molecular weight is 394 g/mol. The SMILES string of the molecule is CCn1cc(CC(=O)N2CCCC(O)(c3ccc(F)cc3)CC2)c2ccccc21. The summed E-state index contributed by atoms with van der Waals surface area (Å²) < 4.78 is 15.4. The highest BCUT2D eigenvalue weighted by molar-refractivity contribution is 5.89. The molecule has 4 nitrogen and oxygen atoms in total. The molecule has 0 radical (unpaired) electrons. The Hall–Kier alpha value is -2.66. The number of aromatic nitrogens is 1. The van der Waals surface area contributed by atoms with Crippen molar-refractivity contribution in [3.8, 4) is 0 Å². The van der Waals surface area contributed by atoms with Crippen LogP contribution in [-0.4, -0.2) is 33.6 Å². The van der Waals surface area contributed by atoms with Crippen LogP contribution < -0.4 is 0 Å². The van der Waals surface area contributed by atoms with Gasteiger partial charge in [-0.25, -0.2) is 4.39 Å². The maximum absolute atomic E-state index is 13.2. The zero-order valence-corrected chi connectivity index (χ0v) is 16.8. The first-order valence-electron chi connectivity index (χ1n) is 10.3. The van der Waals surface area contributed by atoms with Crippen molar-refractivity contribution in [1.82, 2.24) is 9.47 Å². The molecule has 0 aliphatic carbocycles. The number of para-hydroxylation sites is 1. The van der Waals surface area contributed by atoms with Gasteiger partial charge in [-0.2, -0.15) is 0 Å². The third kappa shape index (κ3) is 3.92. The number of hydrogen-bond donors (Lipinski definition) is 1. The van der Waals surface area contributed by atoms with E-state index in [2.05, 4.69) is 29.8 Å². The Kier molecular flexibility index (Phi) is 5.41. The fraction of sp³-hybridized carbons (Fsp3) is 0.375. The number of benzene rings is 2. The number of fused-ring (bicyclic) bond motifs is 1. The molecule has 1 fully saturated rings. The number of likely N-dealkylation sites (tertiary alicyclic amines) is 1. The monoisotopic (exact) mass is 394 g/mol. The molecule has 2 heterocycles. The van der Waals surface area contributed by atoms with Gasteiger partial charge < -0.3 is 14.6 Å². The Bertz CT molecular complexity index is 1010. The molecule has 29 heavy (non-hydrogen) atoms. The first-order valence-corrected chi connectivity index (χ1v) is 10.3. The summed E-state index contributed by atoms with van der Waals surface area (Å²) >= 11 is 0. The van der Waals surface area contributed by atoms with Crippen LogP contribution in [-0.2, 0) is 23.4 Å². The van der Waals surface area contributed by atoms with Crippen LogP contribution in [0.5, 0.6) is 0 Å². The number of nitrogens with zero attached hydrogens (tertiary/aromatic N) is 2. The Morgan fingerprint density at radius 2 is 1.86 bits per heavy atom. The van der Waals surface area contributed by atoms with Gasteiger partial charge in [-0.05, 0) is 55.5 Å². The van der Waals surface area contributed by atoms with Crippen molar-refractivity contribution >= 4 is 16.8 Å². The summed E-state index contributed by atoms with van der Waals surface area (Å²) in [5, 5.41) is 12.2. The van der Waals surface area contributed by atoms with E-state index in [1.807, 2.05) is 17.0 Å². The lowest BCUT2D eigenvalue weighted by Crippen LogP contribution is -2.34. The molecule has 1 aliphatic rings. The van der Waals surface area contributed by atoms with E-state index < -0.39 is 5.60 Å². The van der Waals surface area contributed by atoms with Crippen LogP contribution in [0.1, 0.15) is 37.3 Å². The number of aryl methyl sites for hydroxylation is 1. The van der Waals surface area contributed by atoms with Crippen molar-refractivity contribution in [2.45, 2.75) is 44.8 Å². The lowest BCUT2D eigenvalue weighted by Gasteiger charge is -2.27. The molecular weight excluding hydrogens is 367 g/mol. The Labute approximate surface area is 170 Å². The quantitative estimate of drug-likeness (QED) is 0.719. The van der Waals surface area contributed by atoms with Crippen molar-refractivity contribution in [1.29, 1.82) is 0 Å². The summed E-state index contributed by atoms with van der Waals surface area (Å²) in [5.41, 5.74) is 1.91. The molecule has 0 bridgehead atoms. The smallest absolute Gasteiger partial charge is 0.227 e. The van der Waals surface area contributed by atoms with Gasteiger partial charge in [0, 0.05) is 36.7 Å². The number of carbonyl (C=O) groups excluding carboxylic acids is 1. The van der Waals surface area contributed by atoms with Crippen LogP contribution in [0.25, 0.3) is 10.9 Å². The third-order valence-electron chi connectivity index (χ3n) is 6.10. The fourth-order valence-corrected chi connectivity index (χ4v) is 4.42. The Morgan fingerprint density at radius 3 is 2.62 bits per heavy atom. The number of amides is 1. The van der Waals surface area contributed by atoms with Gasteiger partial charge in [-0.3, -0.25) is 4.79 Å². The third-order valence-corrected chi connectivity index (χ3v) is 6.10. The number of hydrogen-bond acceptors (Lipinski definition) is 2. The van der Waals surface area contributed by atoms with Crippen LogP contribution in [0.2, 0.25) is 0 Å². The second-order valence-electron chi connectivity index (χ2n) is 7.91. The number of aliphatic hydroxyl groups is 1. The zero-order chi connectivity index (χ0) is 20.4. The Morgan fingerprint density at radius 1 is 1.10 bits per heavy atom. The summed E-state index contributed by atoms with van der Waals surface area (Å²) in [6.45, 7) is 4.10. The number of halogens is 1. The maximum Gasteiger partial charge on any atom is 0.227 e. The zero-order valence-electron chi connectivity index (χ0n) is 16.8. The van der Waals surface area contributed by atoms with E-state index >= 15 is 0 Å². The topological polar surface area (TPSA) is 45.5 Å². The van der Waals surface area contributed by atoms with E-state index in [-0.39, 0.29) is 11.7 Å². The predicted molar refractivity (Wildman–Crippen MR) is 112 cm³/mol. The minimum Gasteiger partial charge on any atom is -0.385 e. The molecule has 1 aromatic heterocycles. The maximum atomic E-state index is 13.2. The summed E-state index contributed by atoms with van der Waals surface area (Å²) in [5.74, 6) is -0.221.